The normalized spacial score (nSPS) is 21.9. The van der Waals surface area contributed by atoms with E-state index in [2.05, 4.69) is 5.32 Å². The molecule has 1 saturated heterocycles. The number of nitrogens with zero attached hydrogens (tertiary/aromatic N) is 1. The number of alkyl halides is 3. The molecule has 0 aromatic heterocycles. The molecule has 0 radical (unpaired) electrons. The Morgan fingerprint density at radius 3 is 2.45 bits per heavy atom. The number of carbonyl (C=O) groups is 2. The lowest BCUT2D eigenvalue weighted by Crippen LogP contribution is -2.40. The molecular formula is C13H21F3N2O3S. The van der Waals surface area contributed by atoms with Crippen LogP contribution in [0.3, 0.4) is 0 Å². The Morgan fingerprint density at radius 2 is 1.95 bits per heavy atom. The van der Waals surface area contributed by atoms with E-state index >= 15 is 0 Å². The van der Waals surface area contributed by atoms with Crippen LogP contribution in [0.25, 0.3) is 0 Å². The second kappa shape index (κ2) is 8.50. The van der Waals surface area contributed by atoms with Gasteiger partial charge in [0.15, 0.2) is 0 Å². The van der Waals surface area contributed by atoms with E-state index in [-0.39, 0.29) is 0 Å². The Hall–Kier alpha value is -1.12. The van der Waals surface area contributed by atoms with Gasteiger partial charge >= 0.3 is 18.2 Å². The van der Waals surface area contributed by atoms with Crippen molar-refractivity contribution in [2.24, 2.45) is 11.8 Å². The van der Waals surface area contributed by atoms with E-state index in [0.717, 1.165) is 29.9 Å². The maximum Gasteiger partial charge on any atom is 0.394 e. The van der Waals surface area contributed by atoms with E-state index in [1.54, 1.807) is 11.8 Å². The minimum absolute atomic E-state index is 0.387. The number of aliphatic carboxylic acids is 1. The number of hydrogen-bond acceptors (Lipinski definition) is 3. The molecule has 2 amide bonds. The first kappa shape index (κ1) is 18.9. The molecule has 1 aliphatic rings. The number of urea groups is 1. The third-order valence-corrected chi connectivity index (χ3v) is 4.34. The molecule has 5 nitrogen and oxygen atoms in total. The first-order valence-corrected chi connectivity index (χ1v) is 8.48. The zero-order chi connectivity index (χ0) is 16.8. The Morgan fingerprint density at radius 1 is 1.27 bits per heavy atom. The summed E-state index contributed by atoms with van der Waals surface area (Å²) in [4.78, 5) is 23.7. The van der Waals surface area contributed by atoms with E-state index in [1.165, 1.54) is 0 Å². The predicted octanol–water partition coefficient (Wildman–Crippen LogP) is 2.42. The fraction of sp³-hybridized carbons (Fsp3) is 0.846. The van der Waals surface area contributed by atoms with Gasteiger partial charge in [-0.25, -0.2) is 4.79 Å². The monoisotopic (exact) mass is 342 g/mol. The van der Waals surface area contributed by atoms with Crippen LogP contribution in [0.1, 0.15) is 19.3 Å². The second-order valence-corrected chi connectivity index (χ2v) is 6.27. The molecule has 22 heavy (non-hydrogen) atoms. The summed E-state index contributed by atoms with van der Waals surface area (Å²) in [5.41, 5.74) is 0. The molecule has 2 N–H and O–H groups in total. The standard InChI is InChI=1S/C13H21F3N2O3S/c1-22-6-4-2-3-5-17-12(21)18-7-9(11(19)20)10(8-18)13(14,15)16/h9-10H,2-8H2,1H3,(H,17,21)(H,19,20)/t9-,10-/m1/s1. The van der Waals surface area contributed by atoms with Crippen LogP contribution in [-0.2, 0) is 4.79 Å². The van der Waals surface area contributed by atoms with Crippen molar-refractivity contribution >= 4 is 23.8 Å². The molecule has 1 rings (SSSR count). The maximum atomic E-state index is 12.8. The van der Waals surface area contributed by atoms with Gasteiger partial charge < -0.3 is 15.3 Å². The Kier molecular flexibility index (Phi) is 7.31. The molecule has 0 saturated carbocycles. The third-order valence-electron chi connectivity index (χ3n) is 3.65. The van der Waals surface area contributed by atoms with E-state index < -0.39 is 43.1 Å². The summed E-state index contributed by atoms with van der Waals surface area (Å²) in [6.07, 6.45) is 0.105. The Labute approximate surface area is 131 Å². The van der Waals surface area contributed by atoms with Gasteiger partial charge in [0.2, 0.25) is 0 Å². The van der Waals surface area contributed by atoms with Crippen LogP contribution in [0, 0.1) is 11.8 Å². The van der Waals surface area contributed by atoms with Crippen molar-refractivity contribution in [3.05, 3.63) is 0 Å². The highest BCUT2D eigenvalue weighted by Crippen LogP contribution is 2.37. The van der Waals surface area contributed by atoms with Gasteiger partial charge in [-0.3, -0.25) is 4.79 Å². The summed E-state index contributed by atoms with van der Waals surface area (Å²) in [6.45, 7) is -0.616. The van der Waals surface area contributed by atoms with Crippen LogP contribution in [0.15, 0.2) is 0 Å². The van der Waals surface area contributed by atoms with Gasteiger partial charge in [-0.2, -0.15) is 24.9 Å². The second-order valence-electron chi connectivity index (χ2n) is 5.28. The van der Waals surface area contributed by atoms with E-state index in [9.17, 15) is 22.8 Å². The summed E-state index contributed by atoms with van der Waals surface area (Å²) in [6, 6.07) is -0.622. The van der Waals surface area contributed by atoms with Crippen LogP contribution in [-0.4, -0.2) is 59.8 Å². The van der Waals surface area contributed by atoms with Gasteiger partial charge in [0, 0.05) is 19.6 Å². The minimum atomic E-state index is -4.62. The number of unbranched alkanes of at least 4 members (excludes halogenated alkanes) is 2. The summed E-state index contributed by atoms with van der Waals surface area (Å²) < 4.78 is 38.4. The SMILES string of the molecule is CSCCCCCNC(=O)N1C[C@@H](C(F)(F)F)[C@H](C(=O)O)C1. The highest BCUT2D eigenvalue weighted by molar-refractivity contribution is 7.98. The highest BCUT2D eigenvalue weighted by Gasteiger charge is 2.53. The number of thioether (sulfide) groups is 1. The fourth-order valence-corrected chi connectivity index (χ4v) is 2.90. The molecule has 0 aromatic carbocycles. The van der Waals surface area contributed by atoms with Gasteiger partial charge in [0.25, 0.3) is 0 Å². The van der Waals surface area contributed by atoms with Crippen molar-refractivity contribution in [3.8, 4) is 0 Å². The van der Waals surface area contributed by atoms with Crippen molar-refractivity contribution in [1.29, 1.82) is 0 Å². The van der Waals surface area contributed by atoms with Gasteiger partial charge in [0.05, 0.1) is 11.8 Å². The molecule has 0 unspecified atom stereocenters. The summed E-state index contributed by atoms with van der Waals surface area (Å²) in [5.74, 6) is -4.08. The van der Waals surface area contributed by atoms with Crippen molar-refractivity contribution < 1.29 is 27.9 Å². The first-order chi connectivity index (χ1) is 10.3. The molecule has 0 bridgehead atoms. The number of carboxylic acids is 1. The predicted molar refractivity (Wildman–Crippen MR) is 77.9 cm³/mol. The van der Waals surface area contributed by atoms with Crippen molar-refractivity contribution in [2.75, 3.05) is 31.6 Å². The van der Waals surface area contributed by atoms with Gasteiger partial charge in [-0.15, -0.1) is 0 Å². The summed E-state index contributed by atoms with van der Waals surface area (Å²) in [7, 11) is 0. The number of carbonyl (C=O) groups excluding carboxylic acids is 1. The molecule has 1 heterocycles. The molecule has 9 heteroatoms. The maximum absolute atomic E-state index is 12.8. The number of amides is 2. The quantitative estimate of drug-likeness (QED) is 0.697. The zero-order valence-corrected chi connectivity index (χ0v) is 13.2. The van der Waals surface area contributed by atoms with E-state index in [0.29, 0.717) is 6.54 Å². The molecule has 1 aliphatic heterocycles. The molecular weight excluding hydrogens is 321 g/mol. The molecule has 0 spiro atoms. The summed E-state index contributed by atoms with van der Waals surface area (Å²) >= 11 is 1.73. The number of carboxylic acid groups (broad SMARTS) is 1. The largest absolute Gasteiger partial charge is 0.481 e. The van der Waals surface area contributed by atoms with Gasteiger partial charge in [0.1, 0.15) is 0 Å². The molecule has 1 fully saturated rings. The molecule has 0 aromatic rings. The highest BCUT2D eigenvalue weighted by atomic mass is 32.2. The minimum Gasteiger partial charge on any atom is -0.481 e. The summed E-state index contributed by atoms with van der Waals surface area (Å²) in [5, 5.41) is 11.4. The van der Waals surface area contributed by atoms with Crippen LogP contribution >= 0.6 is 11.8 Å². The van der Waals surface area contributed by atoms with E-state index in [1.807, 2.05) is 6.26 Å². The smallest absolute Gasteiger partial charge is 0.394 e. The lowest BCUT2D eigenvalue weighted by Gasteiger charge is -2.18. The molecule has 2 atom stereocenters. The van der Waals surface area contributed by atoms with Crippen LogP contribution in [0.5, 0.6) is 0 Å². The van der Waals surface area contributed by atoms with Crippen LogP contribution in [0.2, 0.25) is 0 Å². The average molecular weight is 342 g/mol. The number of likely N-dealkylation sites (tertiary alicyclic amines) is 1. The van der Waals surface area contributed by atoms with E-state index in [4.69, 9.17) is 5.11 Å². The molecule has 0 aliphatic carbocycles. The van der Waals surface area contributed by atoms with Gasteiger partial charge in [-0.1, -0.05) is 6.42 Å². The number of halogens is 3. The average Bonchev–Trinajstić information content (AvgIpc) is 2.88. The van der Waals surface area contributed by atoms with Crippen LogP contribution < -0.4 is 5.32 Å². The number of hydrogen-bond donors (Lipinski definition) is 2. The lowest BCUT2D eigenvalue weighted by molar-refractivity contribution is -0.187. The Balaban J connectivity index is 2.42. The van der Waals surface area contributed by atoms with Crippen LogP contribution in [0.4, 0.5) is 18.0 Å². The Bertz CT molecular complexity index is 393. The van der Waals surface area contributed by atoms with Crippen molar-refractivity contribution in [1.82, 2.24) is 10.2 Å². The number of rotatable bonds is 7. The first-order valence-electron chi connectivity index (χ1n) is 7.08. The fourth-order valence-electron chi connectivity index (χ4n) is 2.41. The van der Waals surface area contributed by atoms with Gasteiger partial charge in [-0.05, 0) is 24.9 Å². The lowest BCUT2D eigenvalue weighted by atomic mass is 9.96. The number of nitrogens with one attached hydrogen (secondary N) is 1. The van der Waals surface area contributed by atoms with Crippen molar-refractivity contribution in [3.63, 3.8) is 0 Å². The zero-order valence-electron chi connectivity index (χ0n) is 12.4. The topological polar surface area (TPSA) is 69.6 Å². The third kappa shape index (κ3) is 5.58. The molecule has 128 valence electrons. The van der Waals surface area contributed by atoms with Crippen molar-refractivity contribution in [2.45, 2.75) is 25.4 Å².